The molecule has 0 spiro atoms. The molecular weight excluding hydrogens is 554 g/mol. The lowest BCUT2D eigenvalue weighted by molar-refractivity contribution is -0.244. The van der Waals surface area contributed by atoms with Crippen LogP contribution in [0.5, 0.6) is 0 Å². The number of amides is 3. The molecule has 0 radical (unpaired) electrons. The second-order valence-electron chi connectivity index (χ2n) is 17.7. The maximum atomic E-state index is 13.0. The number of carboxylic acid groups (broad SMARTS) is 1. The standard InChI is InChI=1S/C36H59N3O5/c1-21(2)23-12-17-36(39-30(42)37-20-28(40)41)19-18-34(6)24(29(23)36)10-11-26-33(5)15-14-27(44-31(43)38-22-8-9-22)32(3,4)25(33)13-16-35(26,34)7/h21-27,29H,8-20H2,1-7H3,(H,38,43)(H,40,41)(H2,37,39,42)/t23-,24+,25-,26+,27+,29+,33-,34+,35+,36-/m0/s1. The summed E-state index contributed by atoms with van der Waals surface area (Å²) in [5, 5.41) is 18.2. The number of alkyl carbamates (subject to hydrolysis) is 1. The van der Waals surface area contributed by atoms with E-state index in [2.05, 4.69) is 64.4 Å². The van der Waals surface area contributed by atoms with Gasteiger partial charge in [0.2, 0.25) is 0 Å². The monoisotopic (exact) mass is 613 g/mol. The number of urea groups is 1. The van der Waals surface area contributed by atoms with Crippen LogP contribution in [0.2, 0.25) is 0 Å². The van der Waals surface area contributed by atoms with Gasteiger partial charge in [-0.25, -0.2) is 9.59 Å². The van der Waals surface area contributed by atoms with Crippen LogP contribution in [-0.4, -0.2) is 47.4 Å². The van der Waals surface area contributed by atoms with Crippen molar-refractivity contribution in [2.24, 2.45) is 57.2 Å². The summed E-state index contributed by atoms with van der Waals surface area (Å²) >= 11 is 0. The van der Waals surface area contributed by atoms with Crippen LogP contribution < -0.4 is 16.0 Å². The lowest BCUT2D eigenvalue weighted by Gasteiger charge is -2.73. The zero-order chi connectivity index (χ0) is 31.9. The van der Waals surface area contributed by atoms with Crippen LogP contribution in [0.15, 0.2) is 0 Å². The molecule has 6 saturated carbocycles. The zero-order valence-electron chi connectivity index (χ0n) is 28.4. The lowest BCUT2D eigenvalue weighted by Crippen LogP contribution is -2.69. The van der Waals surface area contributed by atoms with Gasteiger partial charge in [0.05, 0.1) is 0 Å². The molecule has 0 saturated heterocycles. The molecule has 8 nitrogen and oxygen atoms in total. The molecule has 3 amide bonds. The van der Waals surface area contributed by atoms with Crippen molar-refractivity contribution >= 4 is 18.1 Å². The fourth-order valence-electron chi connectivity index (χ4n) is 12.8. The van der Waals surface area contributed by atoms with E-state index in [4.69, 9.17) is 9.84 Å². The average Bonchev–Trinajstić information content (AvgIpc) is 3.66. The number of rotatable bonds is 6. The average molecular weight is 614 g/mol. The van der Waals surface area contributed by atoms with Crippen LogP contribution in [0, 0.1) is 57.2 Å². The summed E-state index contributed by atoms with van der Waals surface area (Å²) in [6, 6.07) is -0.0187. The third-order valence-electron chi connectivity index (χ3n) is 15.2. The highest BCUT2D eigenvalue weighted by molar-refractivity contribution is 5.80. The van der Waals surface area contributed by atoms with Crippen molar-refractivity contribution in [3.8, 4) is 0 Å². The minimum absolute atomic E-state index is 0.0467. The molecule has 6 rings (SSSR count). The van der Waals surface area contributed by atoms with Gasteiger partial charge in [0.25, 0.3) is 0 Å². The van der Waals surface area contributed by atoms with E-state index >= 15 is 0 Å². The Morgan fingerprint density at radius 3 is 2.20 bits per heavy atom. The summed E-state index contributed by atoms with van der Waals surface area (Å²) in [6.07, 6.45) is 12.9. The maximum Gasteiger partial charge on any atom is 0.407 e. The Labute approximate surface area is 265 Å². The number of ether oxygens (including phenoxy) is 1. The molecule has 248 valence electrons. The van der Waals surface area contributed by atoms with E-state index in [0.29, 0.717) is 41.5 Å². The van der Waals surface area contributed by atoms with Gasteiger partial charge in [0.15, 0.2) is 0 Å². The Morgan fingerprint density at radius 1 is 0.818 bits per heavy atom. The van der Waals surface area contributed by atoms with Crippen LogP contribution in [-0.2, 0) is 9.53 Å². The Bertz CT molecular complexity index is 1170. The fraction of sp³-hybridized carbons (Fsp3) is 0.917. The molecule has 0 aliphatic heterocycles. The number of hydrogen-bond donors (Lipinski definition) is 4. The molecule has 0 aromatic carbocycles. The summed E-state index contributed by atoms with van der Waals surface area (Å²) in [7, 11) is 0. The molecule has 0 aromatic heterocycles. The van der Waals surface area contributed by atoms with E-state index in [1.807, 2.05) is 0 Å². The van der Waals surface area contributed by atoms with Crippen molar-refractivity contribution < 1.29 is 24.2 Å². The van der Waals surface area contributed by atoms with Crippen LogP contribution in [0.25, 0.3) is 0 Å². The van der Waals surface area contributed by atoms with Crippen LogP contribution in [0.3, 0.4) is 0 Å². The maximum absolute atomic E-state index is 13.0. The first kappa shape index (κ1) is 32.0. The molecule has 6 aliphatic rings. The minimum Gasteiger partial charge on any atom is -0.480 e. The molecule has 0 unspecified atom stereocenters. The molecule has 0 heterocycles. The Balaban J connectivity index is 1.26. The van der Waals surface area contributed by atoms with E-state index in [1.165, 1.54) is 25.7 Å². The van der Waals surface area contributed by atoms with Gasteiger partial charge in [0.1, 0.15) is 12.6 Å². The Hall–Kier alpha value is -1.99. The predicted octanol–water partition coefficient (Wildman–Crippen LogP) is 7.12. The van der Waals surface area contributed by atoms with Crippen LogP contribution in [0.1, 0.15) is 126 Å². The second kappa shape index (κ2) is 10.8. The third kappa shape index (κ3) is 4.85. The van der Waals surface area contributed by atoms with Crippen molar-refractivity contribution in [1.82, 2.24) is 16.0 Å². The lowest BCUT2D eigenvalue weighted by atomic mass is 9.32. The summed E-state index contributed by atoms with van der Waals surface area (Å²) in [5.41, 5.74) is 0.251. The summed E-state index contributed by atoms with van der Waals surface area (Å²) < 4.78 is 6.15. The number of carboxylic acids is 1. The molecule has 4 N–H and O–H groups in total. The molecule has 0 aromatic rings. The number of hydrogen-bond acceptors (Lipinski definition) is 4. The van der Waals surface area contributed by atoms with E-state index in [0.717, 1.165) is 51.4 Å². The van der Waals surface area contributed by atoms with E-state index in [-0.39, 0.29) is 52.0 Å². The molecule has 6 fully saturated rings. The summed E-state index contributed by atoms with van der Waals surface area (Å²) in [4.78, 5) is 36.9. The van der Waals surface area contributed by atoms with Crippen molar-refractivity contribution in [3.63, 3.8) is 0 Å². The van der Waals surface area contributed by atoms with Crippen LogP contribution >= 0.6 is 0 Å². The molecule has 8 heteroatoms. The van der Waals surface area contributed by atoms with E-state index < -0.39 is 5.97 Å². The Morgan fingerprint density at radius 2 is 1.55 bits per heavy atom. The quantitative estimate of drug-likeness (QED) is 0.255. The molecular formula is C36H59N3O5. The highest BCUT2D eigenvalue weighted by atomic mass is 16.6. The number of carbonyl (C=O) groups excluding carboxylic acids is 2. The summed E-state index contributed by atoms with van der Waals surface area (Å²) in [6.45, 7) is 16.9. The molecule has 0 bridgehead atoms. The zero-order valence-corrected chi connectivity index (χ0v) is 28.4. The van der Waals surface area contributed by atoms with Crippen molar-refractivity contribution in [1.29, 1.82) is 0 Å². The van der Waals surface area contributed by atoms with Gasteiger partial charge < -0.3 is 25.8 Å². The van der Waals surface area contributed by atoms with Gasteiger partial charge in [-0.2, -0.15) is 0 Å². The normalized spacial score (nSPS) is 45.6. The number of aliphatic carboxylic acids is 1. The topological polar surface area (TPSA) is 117 Å². The van der Waals surface area contributed by atoms with Gasteiger partial charge in [0, 0.05) is 17.0 Å². The van der Waals surface area contributed by atoms with Crippen LogP contribution in [0.4, 0.5) is 9.59 Å². The van der Waals surface area contributed by atoms with E-state index in [9.17, 15) is 14.4 Å². The first-order valence-corrected chi connectivity index (χ1v) is 17.8. The number of fused-ring (bicyclic) bond motifs is 7. The fourth-order valence-corrected chi connectivity index (χ4v) is 12.8. The minimum atomic E-state index is -1.02. The Kier molecular flexibility index (Phi) is 7.84. The van der Waals surface area contributed by atoms with Gasteiger partial charge >= 0.3 is 18.1 Å². The van der Waals surface area contributed by atoms with Crippen molar-refractivity contribution in [2.75, 3.05) is 6.54 Å². The SMILES string of the molecule is CC(C)[C@@H]1CC[C@]2(NC(=O)NCC(=O)O)CC[C@]3(C)[C@H](CC[C@@H]4[C@@]5(C)CC[C@@H](OC(=O)NC6CC6)C(C)(C)[C@@H]5CC[C@]43C)[C@@H]12. The highest BCUT2D eigenvalue weighted by Crippen LogP contribution is 2.76. The second-order valence-corrected chi connectivity index (χ2v) is 17.7. The third-order valence-corrected chi connectivity index (χ3v) is 15.2. The van der Waals surface area contributed by atoms with Gasteiger partial charge in [-0.05, 0) is 129 Å². The first-order chi connectivity index (χ1) is 20.6. The number of carbonyl (C=O) groups is 3. The van der Waals surface area contributed by atoms with Gasteiger partial charge in [-0.1, -0.05) is 48.5 Å². The number of nitrogens with one attached hydrogen (secondary N) is 3. The van der Waals surface area contributed by atoms with Crippen molar-refractivity contribution in [2.45, 2.75) is 143 Å². The van der Waals surface area contributed by atoms with Crippen molar-refractivity contribution in [3.05, 3.63) is 0 Å². The molecule has 44 heavy (non-hydrogen) atoms. The van der Waals surface area contributed by atoms with Gasteiger partial charge in [-0.15, -0.1) is 0 Å². The predicted molar refractivity (Wildman–Crippen MR) is 170 cm³/mol. The van der Waals surface area contributed by atoms with Gasteiger partial charge in [-0.3, -0.25) is 4.79 Å². The summed E-state index contributed by atoms with van der Waals surface area (Å²) in [5.74, 6) is 2.15. The first-order valence-electron chi connectivity index (χ1n) is 17.8. The molecule has 10 atom stereocenters. The highest BCUT2D eigenvalue weighted by Gasteiger charge is 2.71. The largest absolute Gasteiger partial charge is 0.480 e. The molecule has 6 aliphatic carbocycles. The van der Waals surface area contributed by atoms with E-state index in [1.54, 1.807) is 0 Å². The smallest absolute Gasteiger partial charge is 0.407 e.